The quantitative estimate of drug-likeness (QED) is 0.329. The second-order valence-electron chi connectivity index (χ2n) is 9.40. The molecule has 9 heteroatoms. The zero-order chi connectivity index (χ0) is 28.2. The van der Waals surface area contributed by atoms with Crippen molar-refractivity contribution < 1.29 is 35.9 Å². The minimum atomic E-state index is -5.41. The van der Waals surface area contributed by atoms with E-state index in [0.717, 1.165) is 42.4 Å². The Hall–Kier alpha value is -2.45. The van der Waals surface area contributed by atoms with E-state index < -0.39 is 30.5 Å². The van der Waals surface area contributed by atoms with Gasteiger partial charge in [0, 0.05) is 30.3 Å². The topological polar surface area (TPSA) is 46.5 Å². The number of rotatable bonds is 7. The fourth-order valence-electron chi connectivity index (χ4n) is 4.11. The van der Waals surface area contributed by atoms with Crippen molar-refractivity contribution in [2.75, 3.05) is 0 Å². The van der Waals surface area contributed by atoms with E-state index in [2.05, 4.69) is 49.2 Å². The van der Waals surface area contributed by atoms with Gasteiger partial charge in [0.2, 0.25) is 0 Å². The lowest BCUT2D eigenvalue weighted by Crippen LogP contribution is -2.37. The second kappa shape index (κ2) is 15.1. The number of Topliss-reactive ketones (excluding diaryl/α,β-unsaturated/α-hetero) is 2. The van der Waals surface area contributed by atoms with Crippen LogP contribution in [-0.2, 0) is 9.59 Å². The van der Waals surface area contributed by atoms with Crippen molar-refractivity contribution in [3.8, 4) is 0 Å². The highest BCUT2D eigenvalue weighted by atomic mass is 19.4. The van der Waals surface area contributed by atoms with Gasteiger partial charge in [0.25, 0.3) is 0 Å². The van der Waals surface area contributed by atoms with Crippen LogP contribution in [0.4, 0.5) is 26.3 Å². The molecule has 0 bridgehead atoms. The molecule has 1 fully saturated rings. The summed E-state index contributed by atoms with van der Waals surface area (Å²) < 4.78 is 70.2. The molecule has 0 saturated heterocycles. The van der Waals surface area contributed by atoms with E-state index in [9.17, 15) is 35.9 Å². The molecule has 0 N–H and O–H groups in total. The lowest BCUT2D eigenvalue weighted by molar-refractivity contribution is -0.283. The molecule has 0 radical (unpaired) electrons. The molecule has 1 aromatic rings. The Morgan fingerprint density at radius 3 is 1.97 bits per heavy atom. The molecule has 37 heavy (non-hydrogen) atoms. The Labute approximate surface area is 215 Å². The summed E-state index contributed by atoms with van der Waals surface area (Å²) in [5.41, 5.74) is 3.47. The third kappa shape index (κ3) is 11.2. The van der Waals surface area contributed by atoms with Crippen molar-refractivity contribution in [3.05, 3.63) is 47.2 Å². The first-order chi connectivity index (χ1) is 17.2. The Kier molecular flexibility index (Phi) is 13.3. The van der Waals surface area contributed by atoms with Gasteiger partial charge >= 0.3 is 12.4 Å². The van der Waals surface area contributed by atoms with Gasteiger partial charge in [-0.05, 0) is 50.0 Å². The number of carbonyl (C=O) groups excluding carboxylic acids is 2. The lowest BCUT2D eigenvalue weighted by Gasteiger charge is -2.31. The highest BCUT2D eigenvalue weighted by Gasteiger charge is 2.56. The highest BCUT2D eigenvalue weighted by molar-refractivity contribution is 6.05. The predicted octanol–water partition coefficient (Wildman–Crippen LogP) is 8.79. The van der Waals surface area contributed by atoms with Gasteiger partial charge in [-0.3, -0.25) is 9.79 Å². The van der Waals surface area contributed by atoms with Crippen LogP contribution < -0.4 is 0 Å². The Bertz CT molecular complexity index is 901. The van der Waals surface area contributed by atoms with Crippen LogP contribution in [0.15, 0.2) is 46.6 Å². The summed E-state index contributed by atoms with van der Waals surface area (Å²) in [6.45, 7) is 7.18. The summed E-state index contributed by atoms with van der Waals surface area (Å²) in [7, 11) is 0. The molecule has 3 rings (SSSR count). The first-order valence-electron chi connectivity index (χ1n) is 12.7. The molecule has 0 spiro atoms. The van der Waals surface area contributed by atoms with Crippen molar-refractivity contribution in [1.29, 1.82) is 0 Å². The molecule has 2 aliphatic rings. The van der Waals surface area contributed by atoms with Crippen molar-refractivity contribution in [2.24, 2.45) is 16.8 Å². The Morgan fingerprint density at radius 2 is 1.59 bits per heavy atom. The van der Waals surface area contributed by atoms with Gasteiger partial charge < -0.3 is 4.79 Å². The number of hydrogen-bond donors (Lipinski definition) is 0. The summed E-state index contributed by atoms with van der Waals surface area (Å²) in [5, 5.41) is 0. The molecular weight excluding hydrogens is 496 g/mol. The van der Waals surface area contributed by atoms with Crippen LogP contribution in [0.2, 0.25) is 0 Å². The number of alkyl halides is 6. The standard InChI is InChI=1S/C12H16.C10H15NO.C6H6F6O/c1-10(12-8-5-9-12)11-6-3-2-4-7-11;1-3-5-8-9(4-2)11-7-6-10(8)12;1-3(13)2-4(5(7,8)9)6(10,11)12/h2-4,6-7,10,12H,5,8-9H2,1H3;7H,3-6H2,1-2H3;4H,2H2,1H3. The molecule has 1 unspecified atom stereocenters. The summed E-state index contributed by atoms with van der Waals surface area (Å²) in [6.07, 6.45) is -3.04. The zero-order valence-corrected chi connectivity index (χ0v) is 21.9. The third-order valence-corrected chi connectivity index (χ3v) is 6.51. The first kappa shape index (κ1) is 32.6. The number of halogens is 6. The fraction of sp³-hybridized carbons (Fsp3) is 0.607. The molecule has 1 aliphatic carbocycles. The van der Waals surface area contributed by atoms with Crippen LogP contribution >= 0.6 is 0 Å². The van der Waals surface area contributed by atoms with Crippen molar-refractivity contribution in [2.45, 2.75) is 97.3 Å². The zero-order valence-electron chi connectivity index (χ0n) is 21.9. The largest absolute Gasteiger partial charge is 0.400 e. The first-order valence-corrected chi connectivity index (χ1v) is 12.7. The van der Waals surface area contributed by atoms with Crippen molar-refractivity contribution in [3.63, 3.8) is 0 Å². The number of benzene rings is 1. The van der Waals surface area contributed by atoms with Gasteiger partial charge in [0.15, 0.2) is 11.7 Å². The molecule has 0 amide bonds. The average molecular weight is 534 g/mol. The maximum absolute atomic E-state index is 11.7. The van der Waals surface area contributed by atoms with Crippen LogP contribution in [0.25, 0.3) is 0 Å². The van der Waals surface area contributed by atoms with Gasteiger partial charge in [-0.25, -0.2) is 0 Å². The number of aliphatic imine (C=N–C) groups is 1. The highest BCUT2D eigenvalue weighted by Crippen LogP contribution is 2.41. The summed E-state index contributed by atoms with van der Waals surface area (Å²) in [4.78, 5) is 25.8. The van der Waals surface area contributed by atoms with E-state index in [0.29, 0.717) is 13.3 Å². The van der Waals surface area contributed by atoms with Crippen LogP contribution in [-0.4, -0.2) is 30.1 Å². The van der Waals surface area contributed by atoms with E-state index in [4.69, 9.17) is 0 Å². The monoisotopic (exact) mass is 533 g/mol. The van der Waals surface area contributed by atoms with E-state index in [-0.39, 0.29) is 5.78 Å². The molecule has 1 atom stereocenters. The van der Waals surface area contributed by atoms with Crippen LogP contribution in [0.5, 0.6) is 0 Å². The average Bonchev–Trinajstić information content (AvgIpc) is 2.78. The maximum Gasteiger partial charge on any atom is 0.400 e. The van der Waals surface area contributed by atoms with Crippen LogP contribution in [0.1, 0.15) is 90.5 Å². The number of allylic oxidation sites excluding steroid dienone is 2. The number of nitrogens with zero attached hydrogens (tertiary/aromatic N) is 1. The van der Waals surface area contributed by atoms with Crippen LogP contribution in [0.3, 0.4) is 0 Å². The van der Waals surface area contributed by atoms with Gasteiger partial charge in [0.1, 0.15) is 5.78 Å². The predicted molar refractivity (Wildman–Crippen MR) is 133 cm³/mol. The third-order valence-electron chi connectivity index (χ3n) is 6.51. The Balaban J connectivity index is 0.000000277. The van der Waals surface area contributed by atoms with Crippen LogP contribution in [0, 0.1) is 11.8 Å². The fourth-order valence-corrected chi connectivity index (χ4v) is 4.11. The SMILES string of the molecule is CC(=O)CC(C(F)(F)F)C(F)(F)F.CC(c1ccccc1)C1CCC1.CCCC1=C(CC)N=CCC1=O. The maximum atomic E-state index is 11.7. The lowest BCUT2D eigenvalue weighted by atomic mass is 9.74. The minimum Gasteiger partial charge on any atom is -0.300 e. The molecule has 1 saturated carbocycles. The molecule has 0 aromatic heterocycles. The van der Waals surface area contributed by atoms with E-state index in [1.165, 1.54) is 24.8 Å². The normalized spacial score (nSPS) is 16.9. The summed E-state index contributed by atoms with van der Waals surface area (Å²) >= 11 is 0. The molecular formula is C28H37F6NO2. The molecule has 1 aromatic carbocycles. The van der Waals surface area contributed by atoms with Gasteiger partial charge in [-0.1, -0.05) is 63.9 Å². The summed E-state index contributed by atoms with van der Waals surface area (Å²) in [6, 6.07) is 10.9. The Morgan fingerprint density at radius 1 is 1.03 bits per heavy atom. The molecule has 208 valence electrons. The van der Waals surface area contributed by atoms with Crippen molar-refractivity contribution in [1.82, 2.24) is 0 Å². The number of carbonyl (C=O) groups is 2. The minimum absolute atomic E-state index is 0.267. The van der Waals surface area contributed by atoms with Gasteiger partial charge in [-0.2, -0.15) is 26.3 Å². The van der Waals surface area contributed by atoms with E-state index >= 15 is 0 Å². The summed E-state index contributed by atoms with van der Waals surface area (Å²) in [5.74, 6) is -2.67. The number of ketones is 2. The van der Waals surface area contributed by atoms with E-state index in [1.54, 1.807) is 6.21 Å². The molecule has 3 nitrogen and oxygen atoms in total. The number of hydrogen-bond acceptors (Lipinski definition) is 3. The molecule has 1 heterocycles. The van der Waals surface area contributed by atoms with Gasteiger partial charge in [0.05, 0.1) is 0 Å². The smallest absolute Gasteiger partial charge is 0.300 e. The molecule has 1 aliphatic heterocycles. The van der Waals surface area contributed by atoms with E-state index in [1.807, 2.05) is 6.92 Å². The van der Waals surface area contributed by atoms with Crippen molar-refractivity contribution >= 4 is 17.8 Å². The second-order valence-corrected chi connectivity index (χ2v) is 9.40. The van der Waals surface area contributed by atoms with Gasteiger partial charge in [-0.15, -0.1) is 0 Å².